The molecule has 0 unspecified atom stereocenters. The standard InChI is InChI=1S/C9H9Cl2NO3/c1-2-14-9(13)12-15-7-5-3-4-6(10)8(7)11/h3-5H,2H2,1H3,(H,12,13). The minimum Gasteiger partial charge on any atom is -0.448 e. The molecular formula is C9H9Cl2NO3. The van der Waals surface area contributed by atoms with Crippen molar-refractivity contribution < 1.29 is 14.4 Å². The summed E-state index contributed by atoms with van der Waals surface area (Å²) < 4.78 is 4.58. The van der Waals surface area contributed by atoms with E-state index in [-0.39, 0.29) is 17.4 Å². The first-order valence-corrected chi connectivity index (χ1v) is 4.94. The van der Waals surface area contributed by atoms with Crippen LogP contribution in [0.1, 0.15) is 6.92 Å². The predicted molar refractivity (Wildman–Crippen MR) is 57.2 cm³/mol. The molecule has 0 aliphatic rings. The molecule has 1 aromatic carbocycles. The summed E-state index contributed by atoms with van der Waals surface area (Å²) in [6, 6.07) is 4.83. The maximum atomic E-state index is 10.9. The van der Waals surface area contributed by atoms with Gasteiger partial charge in [0.15, 0.2) is 5.75 Å². The summed E-state index contributed by atoms with van der Waals surface area (Å²) in [6.45, 7) is 1.95. The summed E-state index contributed by atoms with van der Waals surface area (Å²) in [5.41, 5.74) is 2.06. The number of hydrogen-bond donors (Lipinski definition) is 1. The third-order valence-electron chi connectivity index (χ3n) is 1.44. The van der Waals surface area contributed by atoms with E-state index in [9.17, 15) is 4.79 Å². The van der Waals surface area contributed by atoms with Crippen LogP contribution in [0.5, 0.6) is 5.75 Å². The van der Waals surface area contributed by atoms with Gasteiger partial charge in [-0.3, -0.25) is 0 Å². The van der Waals surface area contributed by atoms with Crippen LogP contribution in [0.4, 0.5) is 4.79 Å². The molecule has 0 aliphatic heterocycles. The van der Waals surface area contributed by atoms with E-state index in [1.807, 2.05) is 0 Å². The quantitative estimate of drug-likeness (QED) is 0.838. The van der Waals surface area contributed by atoms with Gasteiger partial charge >= 0.3 is 6.09 Å². The van der Waals surface area contributed by atoms with Gasteiger partial charge in [-0.15, -0.1) is 0 Å². The maximum absolute atomic E-state index is 10.9. The summed E-state index contributed by atoms with van der Waals surface area (Å²) in [6.07, 6.45) is -0.687. The minimum absolute atomic E-state index is 0.232. The van der Waals surface area contributed by atoms with Crippen LogP contribution in [-0.4, -0.2) is 12.7 Å². The van der Waals surface area contributed by atoms with E-state index in [2.05, 4.69) is 10.2 Å². The lowest BCUT2D eigenvalue weighted by Gasteiger charge is -2.08. The molecule has 1 N–H and O–H groups in total. The van der Waals surface area contributed by atoms with Crippen molar-refractivity contribution in [3.8, 4) is 5.75 Å². The highest BCUT2D eigenvalue weighted by Crippen LogP contribution is 2.30. The number of halogens is 2. The Balaban J connectivity index is 2.58. The van der Waals surface area contributed by atoms with Crippen molar-refractivity contribution in [3.63, 3.8) is 0 Å². The minimum atomic E-state index is -0.687. The number of carbonyl (C=O) groups is 1. The third-order valence-corrected chi connectivity index (χ3v) is 2.24. The zero-order valence-corrected chi connectivity index (χ0v) is 9.43. The van der Waals surface area contributed by atoms with Crippen LogP contribution >= 0.6 is 23.2 Å². The van der Waals surface area contributed by atoms with Gasteiger partial charge in [0.25, 0.3) is 0 Å². The maximum Gasteiger partial charge on any atom is 0.440 e. The van der Waals surface area contributed by atoms with Crippen molar-refractivity contribution in [2.45, 2.75) is 6.92 Å². The summed E-state index contributed by atoms with van der Waals surface area (Å²) in [4.78, 5) is 15.8. The van der Waals surface area contributed by atoms with E-state index in [0.29, 0.717) is 5.02 Å². The van der Waals surface area contributed by atoms with Crippen LogP contribution < -0.4 is 10.3 Å². The van der Waals surface area contributed by atoms with Crippen molar-refractivity contribution in [1.82, 2.24) is 5.48 Å². The highest BCUT2D eigenvalue weighted by molar-refractivity contribution is 6.42. The number of hydrogen-bond acceptors (Lipinski definition) is 3. The number of rotatable bonds is 3. The van der Waals surface area contributed by atoms with Gasteiger partial charge in [-0.25, -0.2) is 4.79 Å². The second-order valence-electron chi connectivity index (χ2n) is 2.48. The van der Waals surface area contributed by atoms with E-state index >= 15 is 0 Å². The van der Waals surface area contributed by atoms with Crippen LogP contribution in [0.2, 0.25) is 10.0 Å². The number of ether oxygens (including phenoxy) is 1. The second kappa shape index (κ2) is 5.68. The fourth-order valence-corrected chi connectivity index (χ4v) is 1.15. The lowest BCUT2D eigenvalue weighted by molar-refractivity contribution is 0.104. The average molecular weight is 250 g/mol. The fourth-order valence-electron chi connectivity index (χ4n) is 0.820. The summed E-state index contributed by atoms with van der Waals surface area (Å²) in [7, 11) is 0. The second-order valence-corrected chi connectivity index (χ2v) is 3.26. The van der Waals surface area contributed by atoms with Gasteiger partial charge in [0, 0.05) is 0 Å². The number of nitrogens with one attached hydrogen (secondary N) is 1. The molecule has 0 bridgehead atoms. The number of carbonyl (C=O) groups excluding carboxylic acids is 1. The van der Waals surface area contributed by atoms with Gasteiger partial charge in [-0.1, -0.05) is 29.3 Å². The molecule has 0 radical (unpaired) electrons. The highest BCUT2D eigenvalue weighted by atomic mass is 35.5. The molecule has 15 heavy (non-hydrogen) atoms. The molecular weight excluding hydrogens is 241 g/mol. The van der Waals surface area contributed by atoms with Gasteiger partial charge in [-0.2, -0.15) is 5.48 Å². The molecule has 1 amide bonds. The Morgan fingerprint density at radius 3 is 2.87 bits per heavy atom. The van der Waals surface area contributed by atoms with Crippen LogP contribution in [0.15, 0.2) is 18.2 Å². The number of amides is 1. The van der Waals surface area contributed by atoms with Crippen molar-refractivity contribution in [3.05, 3.63) is 28.2 Å². The van der Waals surface area contributed by atoms with Gasteiger partial charge < -0.3 is 9.57 Å². The average Bonchev–Trinajstić information content (AvgIpc) is 2.21. The van der Waals surface area contributed by atoms with Crippen LogP contribution in [-0.2, 0) is 4.74 Å². The summed E-state index contributed by atoms with van der Waals surface area (Å²) in [5, 5.41) is 0.579. The van der Waals surface area contributed by atoms with Gasteiger partial charge in [0.1, 0.15) is 5.02 Å². The lowest BCUT2D eigenvalue weighted by atomic mass is 10.3. The Kier molecular flexibility index (Phi) is 4.52. The van der Waals surface area contributed by atoms with Crippen molar-refractivity contribution >= 4 is 29.3 Å². The topological polar surface area (TPSA) is 47.6 Å². The molecule has 0 heterocycles. The first kappa shape index (κ1) is 11.9. The summed E-state index contributed by atoms with van der Waals surface area (Å²) >= 11 is 11.5. The van der Waals surface area contributed by atoms with E-state index in [0.717, 1.165) is 0 Å². The zero-order valence-electron chi connectivity index (χ0n) is 7.92. The third kappa shape index (κ3) is 3.49. The Morgan fingerprint density at radius 1 is 1.47 bits per heavy atom. The van der Waals surface area contributed by atoms with Crippen molar-refractivity contribution in [2.24, 2.45) is 0 Å². The molecule has 0 aromatic heterocycles. The SMILES string of the molecule is CCOC(=O)NOc1cccc(Cl)c1Cl. The Bertz CT molecular complexity index is 357. The van der Waals surface area contributed by atoms with Crippen molar-refractivity contribution in [2.75, 3.05) is 6.61 Å². The molecule has 0 aliphatic carbocycles. The molecule has 1 rings (SSSR count). The fraction of sp³-hybridized carbons (Fsp3) is 0.222. The number of hydroxylamine groups is 1. The van der Waals surface area contributed by atoms with Gasteiger partial charge in [-0.05, 0) is 19.1 Å². The zero-order chi connectivity index (χ0) is 11.3. The first-order chi connectivity index (χ1) is 7.15. The molecule has 82 valence electrons. The Hall–Kier alpha value is -1.13. The Labute approximate surface area is 97.0 Å². The van der Waals surface area contributed by atoms with E-state index in [1.165, 1.54) is 0 Å². The molecule has 1 aromatic rings. The molecule has 0 saturated carbocycles. The first-order valence-electron chi connectivity index (χ1n) is 4.18. The molecule has 0 saturated heterocycles. The highest BCUT2D eigenvalue weighted by Gasteiger charge is 2.07. The van der Waals surface area contributed by atoms with Crippen LogP contribution in [0.3, 0.4) is 0 Å². The Morgan fingerprint density at radius 2 is 2.20 bits per heavy atom. The normalized spacial score (nSPS) is 9.53. The van der Waals surface area contributed by atoms with Gasteiger partial charge in [0.05, 0.1) is 11.6 Å². The van der Waals surface area contributed by atoms with E-state index in [4.69, 9.17) is 28.0 Å². The lowest BCUT2D eigenvalue weighted by Crippen LogP contribution is -2.27. The molecule has 4 nitrogen and oxygen atoms in total. The van der Waals surface area contributed by atoms with Gasteiger partial charge in [0.2, 0.25) is 0 Å². The molecule has 0 atom stereocenters. The van der Waals surface area contributed by atoms with Crippen LogP contribution in [0.25, 0.3) is 0 Å². The predicted octanol–water partition coefficient (Wildman–Crippen LogP) is 3.03. The van der Waals surface area contributed by atoms with Crippen molar-refractivity contribution in [1.29, 1.82) is 0 Å². The number of benzene rings is 1. The van der Waals surface area contributed by atoms with E-state index in [1.54, 1.807) is 25.1 Å². The smallest absolute Gasteiger partial charge is 0.440 e. The summed E-state index contributed by atoms with van der Waals surface area (Å²) in [5.74, 6) is 0.261. The monoisotopic (exact) mass is 249 g/mol. The molecule has 0 spiro atoms. The largest absolute Gasteiger partial charge is 0.448 e. The molecule has 0 fully saturated rings. The van der Waals surface area contributed by atoms with Crippen LogP contribution in [0, 0.1) is 0 Å². The van der Waals surface area contributed by atoms with E-state index < -0.39 is 6.09 Å². The molecule has 6 heteroatoms.